The zero-order valence-corrected chi connectivity index (χ0v) is 9.17. The highest BCUT2D eigenvalue weighted by atomic mass is 16.7. The number of hydrogen-bond donors (Lipinski definition) is 2. The fourth-order valence-electron chi connectivity index (χ4n) is 1.47. The first-order valence-corrected chi connectivity index (χ1v) is 5.23. The molecule has 1 heterocycles. The molecule has 0 atom stereocenters. The van der Waals surface area contributed by atoms with Gasteiger partial charge in [0, 0.05) is 18.6 Å². The molecule has 0 radical (unpaired) electrons. The van der Waals surface area contributed by atoms with Crippen molar-refractivity contribution in [3.8, 4) is 0 Å². The number of amides is 1. The van der Waals surface area contributed by atoms with E-state index in [0.717, 1.165) is 5.52 Å². The lowest BCUT2D eigenvalue weighted by Gasteiger charge is -2.05. The Morgan fingerprint density at radius 2 is 2.35 bits per heavy atom. The Morgan fingerprint density at radius 3 is 3.06 bits per heavy atom. The van der Waals surface area contributed by atoms with Gasteiger partial charge in [0.15, 0.2) is 0 Å². The van der Waals surface area contributed by atoms with Crippen LogP contribution in [0.5, 0.6) is 0 Å². The van der Waals surface area contributed by atoms with Gasteiger partial charge in [0.25, 0.3) is 0 Å². The number of rotatable bonds is 5. The van der Waals surface area contributed by atoms with Crippen LogP contribution in [0.3, 0.4) is 0 Å². The van der Waals surface area contributed by atoms with Crippen molar-refractivity contribution in [2.24, 2.45) is 5.73 Å². The zero-order chi connectivity index (χ0) is 12.3. The van der Waals surface area contributed by atoms with Crippen LogP contribution in [0.25, 0.3) is 11.0 Å². The summed E-state index contributed by atoms with van der Waals surface area (Å²) >= 11 is 0. The lowest BCUT2D eigenvalue weighted by atomic mass is 10.2. The highest BCUT2D eigenvalue weighted by Gasteiger charge is 2.06. The number of hydrogen-bond acceptors (Lipinski definition) is 4. The number of carbonyl (C=O) groups excluding carboxylic acids is 1. The Morgan fingerprint density at radius 1 is 1.53 bits per heavy atom. The van der Waals surface area contributed by atoms with Crippen molar-refractivity contribution in [2.45, 2.75) is 6.42 Å². The quantitative estimate of drug-likeness (QED) is 0.711. The molecule has 90 valence electrons. The summed E-state index contributed by atoms with van der Waals surface area (Å²) in [5.74, 6) is -0.484. The van der Waals surface area contributed by atoms with Gasteiger partial charge in [-0.05, 0) is 18.2 Å². The lowest BCUT2D eigenvalue weighted by Crippen LogP contribution is -2.13. The number of benzene rings is 1. The highest BCUT2D eigenvalue weighted by Crippen LogP contribution is 2.13. The van der Waals surface area contributed by atoms with Crippen molar-refractivity contribution in [2.75, 3.05) is 13.2 Å². The maximum atomic E-state index is 11.0. The van der Waals surface area contributed by atoms with Crippen molar-refractivity contribution < 1.29 is 14.7 Å². The molecule has 0 unspecified atom stereocenters. The predicted octanol–water partition coefficient (Wildman–Crippen LogP) is -0.0538. The average molecular weight is 235 g/mol. The van der Waals surface area contributed by atoms with E-state index in [1.165, 1.54) is 11.1 Å². The summed E-state index contributed by atoms with van der Waals surface area (Å²) < 4.78 is 1.51. The third-order valence-corrected chi connectivity index (χ3v) is 2.33. The topological polar surface area (TPSA) is 90.4 Å². The molecule has 0 saturated heterocycles. The van der Waals surface area contributed by atoms with Gasteiger partial charge in [0.05, 0.1) is 5.52 Å². The van der Waals surface area contributed by atoms with Crippen LogP contribution in [0, 0.1) is 0 Å². The van der Waals surface area contributed by atoms with E-state index in [9.17, 15) is 4.79 Å². The monoisotopic (exact) mass is 235 g/mol. The van der Waals surface area contributed by atoms with Gasteiger partial charge < -0.3 is 15.7 Å². The average Bonchev–Trinajstić information content (AvgIpc) is 2.72. The van der Waals surface area contributed by atoms with Gasteiger partial charge in [-0.25, -0.2) is 4.98 Å². The largest absolute Gasteiger partial charge is 0.412 e. The fraction of sp³-hybridized carbons (Fsp3) is 0.273. The van der Waals surface area contributed by atoms with Crippen LogP contribution in [0.1, 0.15) is 16.8 Å². The molecule has 0 fully saturated rings. The lowest BCUT2D eigenvalue weighted by molar-refractivity contribution is 0.0999. The first-order valence-electron chi connectivity index (χ1n) is 5.23. The molecule has 0 saturated carbocycles. The molecule has 2 aromatic rings. The molecule has 0 aliphatic carbocycles. The number of carbonyl (C=O) groups is 1. The van der Waals surface area contributed by atoms with Crippen LogP contribution < -0.4 is 10.6 Å². The molecule has 1 amide bonds. The summed E-state index contributed by atoms with van der Waals surface area (Å²) in [6.07, 6.45) is 2.08. The number of aliphatic hydroxyl groups is 1. The van der Waals surface area contributed by atoms with E-state index in [1.807, 2.05) is 0 Å². The second-order valence-electron chi connectivity index (χ2n) is 3.55. The smallest absolute Gasteiger partial charge is 0.248 e. The van der Waals surface area contributed by atoms with Gasteiger partial charge in [-0.2, -0.15) is 4.73 Å². The number of fused-ring (bicyclic) bond motifs is 1. The third-order valence-electron chi connectivity index (χ3n) is 2.33. The molecule has 0 spiro atoms. The van der Waals surface area contributed by atoms with Gasteiger partial charge >= 0.3 is 0 Å². The molecule has 1 aromatic carbocycles. The minimum Gasteiger partial charge on any atom is -0.412 e. The van der Waals surface area contributed by atoms with Gasteiger partial charge in [-0.3, -0.25) is 4.79 Å². The van der Waals surface area contributed by atoms with Crippen LogP contribution in [0.15, 0.2) is 24.5 Å². The second-order valence-corrected chi connectivity index (χ2v) is 3.55. The Balaban J connectivity index is 2.25. The second kappa shape index (κ2) is 4.84. The number of nitrogens with two attached hydrogens (primary N) is 1. The molecule has 2 rings (SSSR count). The number of aromatic nitrogens is 2. The van der Waals surface area contributed by atoms with E-state index in [2.05, 4.69) is 4.98 Å². The maximum Gasteiger partial charge on any atom is 0.248 e. The summed E-state index contributed by atoms with van der Waals surface area (Å²) in [5.41, 5.74) is 6.99. The Labute approximate surface area is 97.6 Å². The minimum absolute atomic E-state index is 0.0818. The van der Waals surface area contributed by atoms with Crippen LogP contribution in [-0.4, -0.2) is 33.9 Å². The minimum atomic E-state index is -0.484. The summed E-state index contributed by atoms with van der Waals surface area (Å²) in [7, 11) is 0. The predicted molar refractivity (Wildman–Crippen MR) is 61.4 cm³/mol. The first-order chi connectivity index (χ1) is 8.22. The summed E-state index contributed by atoms with van der Waals surface area (Å²) in [6.45, 7) is 0.484. The zero-order valence-electron chi connectivity index (χ0n) is 9.17. The van der Waals surface area contributed by atoms with Crippen LogP contribution in [-0.2, 0) is 0 Å². The molecule has 6 heteroatoms. The van der Waals surface area contributed by atoms with Crippen LogP contribution >= 0.6 is 0 Å². The third kappa shape index (κ3) is 2.36. The molecule has 17 heavy (non-hydrogen) atoms. The summed E-state index contributed by atoms with van der Waals surface area (Å²) in [5, 5.41) is 8.65. The SMILES string of the molecule is NC(=O)c1ccc2c(c1)ncn2OCCCO. The maximum absolute atomic E-state index is 11.0. The molecular formula is C11H13N3O3. The van der Waals surface area contributed by atoms with E-state index in [4.69, 9.17) is 15.7 Å². The van der Waals surface area contributed by atoms with E-state index < -0.39 is 5.91 Å². The first kappa shape index (κ1) is 11.4. The highest BCUT2D eigenvalue weighted by molar-refractivity contribution is 5.96. The van der Waals surface area contributed by atoms with Crippen molar-refractivity contribution in [3.63, 3.8) is 0 Å². The van der Waals surface area contributed by atoms with Crippen molar-refractivity contribution in [1.82, 2.24) is 9.71 Å². The van der Waals surface area contributed by atoms with E-state index in [1.54, 1.807) is 18.2 Å². The van der Waals surface area contributed by atoms with E-state index in [-0.39, 0.29) is 6.61 Å². The Hall–Kier alpha value is -2.08. The van der Waals surface area contributed by atoms with Crippen molar-refractivity contribution >= 4 is 16.9 Å². The number of primary amides is 1. The van der Waals surface area contributed by atoms with Crippen LogP contribution in [0.2, 0.25) is 0 Å². The van der Waals surface area contributed by atoms with Crippen molar-refractivity contribution in [1.29, 1.82) is 0 Å². The van der Waals surface area contributed by atoms with E-state index >= 15 is 0 Å². The number of imidazole rings is 1. The molecule has 3 N–H and O–H groups in total. The molecule has 0 bridgehead atoms. The number of aliphatic hydroxyl groups excluding tert-OH is 1. The van der Waals surface area contributed by atoms with Gasteiger partial charge in [-0.15, -0.1) is 0 Å². The summed E-state index contributed by atoms with van der Waals surface area (Å²) in [4.78, 5) is 20.5. The van der Waals surface area contributed by atoms with Crippen LogP contribution in [0.4, 0.5) is 0 Å². The van der Waals surface area contributed by atoms with Crippen molar-refractivity contribution in [3.05, 3.63) is 30.1 Å². The Kier molecular flexibility index (Phi) is 3.24. The molecule has 1 aromatic heterocycles. The van der Waals surface area contributed by atoms with Gasteiger partial charge in [-0.1, -0.05) is 0 Å². The Bertz CT molecular complexity index is 536. The normalized spacial score (nSPS) is 10.6. The van der Waals surface area contributed by atoms with Gasteiger partial charge in [0.2, 0.25) is 5.91 Å². The fourth-order valence-corrected chi connectivity index (χ4v) is 1.47. The molecule has 6 nitrogen and oxygen atoms in total. The molecular weight excluding hydrogens is 222 g/mol. The van der Waals surface area contributed by atoms with E-state index in [0.29, 0.717) is 24.1 Å². The standard InChI is InChI=1S/C11H13N3O3/c12-11(16)8-2-3-10-9(6-8)13-7-14(10)17-5-1-4-15/h2-3,6-7,15H,1,4-5H2,(H2,12,16). The molecule has 0 aliphatic rings. The molecule has 0 aliphatic heterocycles. The van der Waals surface area contributed by atoms with Gasteiger partial charge in [0.1, 0.15) is 18.5 Å². The number of nitrogens with zero attached hydrogens (tertiary/aromatic N) is 2. The summed E-state index contributed by atoms with van der Waals surface area (Å²) in [6, 6.07) is 4.96.